The Morgan fingerprint density at radius 2 is 2.00 bits per heavy atom. The van der Waals surface area contributed by atoms with Crippen LogP contribution in [0, 0.1) is 11.3 Å². The van der Waals surface area contributed by atoms with Crippen molar-refractivity contribution >= 4 is 0 Å². The van der Waals surface area contributed by atoms with Crippen LogP contribution in [0.1, 0.15) is 12.5 Å². The molecule has 1 aromatic carbocycles. The fraction of sp³-hybridized carbons (Fsp3) is 0.500. The van der Waals surface area contributed by atoms with Gasteiger partial charge in [-0.3, -0.25) is 0 Å². The summed E-state index contributed by atoms with van der Waals surface area (Å²) in [5.41, 5.74) is 0.586. The van der Waals surface area contributed by atoms with Gasteiger partial charge in [-0.25, -0.2) is 0 Å². The van der Waals surface area contributed by atoms with E-state index in [1.807, 2.05) is 13.0 Å². The zero-order valence-corrected chi connectivity index (χ0v) is 11.3. The van der Waals surface area contributed by atoms with Gasteiger partial charge in [-0.1, -0.05) is 0 Å². The van der Waals surface area contributed by atoms with Crippen LogP contribution < -0.4 is 10.1 Å². The van der Waals surface area contributed by atoms with Crippen molar-refractivity contribution in [3.8, 4) is 11.8 Å². The molecule has 2 atom stereocenters. The van der Waals surface area contributed by atoms with Crippen LogP contribution >= 0.6 is 0 Å². The van der Waals surface area contributed by atoms with Gasteiger partial charge in [0.15, 0.2) is 0 Å². The van der Waals surface area contributed by atoms with Gasteiger partial charge in [-0.15, -0.1) is 0 Å². The highest BCUT2D eigenvalue weighted by atomic mass is 16.5. The lowest BCUT2D eigenvalue weighted by Gasteiger charge is -2.17. The third kappa shape index (κ3) is 6.20. The van der Waals surface area contributed by atoms with E-state index in [0.717, 1.165) is 0 Å². The maximum Gasteiger partial charge on any atom is 0.119 e. The molecule has 0 aliphatic carbocycles. The van der Waals surface area contributed by atoms with Crippen molar-refractivity contribution < 1.29 is 14.6 Å². The molecule has 1 rings (SSSR count). The standard InChI is InChI=1S/C14H20N2O3/c1-11(9-18-2)16-8-13(17)10-19-14-5-3-12(7-15)4-6-14/h3-6,11,13,16-17H,8-10H2,1-2H3. The molecule has 5 nitrogen and oxygen atoms in total. The maximum atomic E-state index is 9.75. The summed E-state index contributed by atoms with van der Waals surface area (Å²) in [4.78, 5) is 0. The number of methoxy groups -OCH3 is 1. The minimum absolute atomic E-state index is 0.189. The second-order valence-electron chi connectivity index (χ2n) is 4.37. The lowest BCUT2D eigenvalue weighted by molar-refractivity contribution is 0.0973. The fourth-order valence-electron chi connectivity index (χ4n) is 1.52. The van der Waals surface area contributed by atoms with Gasteiger partial charge in [-0.2, -0.15) is 5.26 Å². The average molecular weight is 264 g/mol. The van der Waals surface area contributed by atoms with Crippen LogP contribution in [0.4, 0.5) is 0 Å². The molecule has 104 valence electrons. The Balaban J connectivity index is 2.25. The molecule has 0 spiro atoms. The lowest BCUT2D eigenvalue weighted by Crippen LogP contribution is -2.38. The minimum Gasteiger partial charge on any atom is -0.491 e. The Kier molecular flexibility index (Phi) is 6.90. The highest BCUT2D eigenvalue weighted by Crippen LogP contribution is 2.11. The molecule has 1 aromatic rings. The predicted molar refractivity (Wildman–Crippen MR) is 72.0 cm³/mol. The van der Waals surface area contributed by atoms with Gasteiger partial charge in [-0.05, 0) is 31.2 Å². The van der Waals surface area contributed by atoms with Crippen LogP contribution in [0.25, 0.3) is 0 Å². The molecule has 0 saturated heterocycles. The number of nitrogens with zero attached hydrogens (tertiary/aromatic N) is 1. The number of aliphatic hydroxyl groups excluding tert-OH is 1. The quantitative estimate of drug-likeness (QED) is 0.730. The zero-order valence-electron chi connectivity index (χ0n) is 11.3. The number of rotatable bonds is 8. The van der Waals surface area contributed by atoms with Crippen molar-refractivity contribution in [1.29, 1.82) is 5.26 Å². The number of aliphatic hydroxyl groups is 1. The number of ether oxygens (including phenoxy) is 2. The molecule has 2 N–H and O–H groups in total. The van der Waals surface area contributed by atoms with E-state index in [1.165, 1.54) is 0 Å². The summed E-state index contributed by atoms with van der Waals surface area (Å²) >= 11 is 0. The van der Waals surface area contributed by atoms with Gasteiger partial charge in [0.1, 0.15) is 18.5 Å². The molecular weight excluding hydrogens is 244 g/mol. The lowest BCUT2D eigenvalue weighted by atomic mass is 10.2. The average Bonchev–Trinajstić information content (AvgIpc) is 2.44. The monoisotopic (exact) mass is 264 g/mol. The van der Waals surface area contributed by atoms with Crippen molar-refractivity contribution in [3.63, 3.8) is 0 Å². The van der Waals surface area contributed by atoms with Crippen LogP contribution in [0.5, 0.6) is 5.75 Å². The molecule has 0 radical (unpaired) electrons. The first-order chi connectivity index (χ1) is 9.15. The molecule has 0 fully saturated rings. The molecule has 2 unspecified atom stereocenters. The SMILES string of the molecule is COCC(C)NCC(O)COc1ccc(C#N)cc1. The first-order valence-corrected chi connectivity index (χ1v) is 6.19. The van der Waals surface area contributed by atoms with E-state index in [1.54, 1.807) is 31.4 Å². The van der Waals surface area contributed by atoms with Crippen LogP contribution in [-0.2, 0) is 4.74 Å². The normalized spacial score (nSPS) is 13.6. The minimum atomic E-state index is -0.588. The van der Waals surface area contributed by atoms with Crippen LogP contribution in [0.2, 0.25) is 0 Å². The van der Waals surface area contributed by atoms with Crippen molar-refractivity contribution in [2.45, 2.75) is 19.1 Å². The highest BCUT2D eigenvalue weighted by molar-refractivity contribution is 5.34. The van der Waals surface area contributed by atoms with Gasteiger partial charge in [0.25, 0.3) is 0 Å². The Morgan fingerprint density at radius 3 is 2.58 bits per heavy atom. The molecule has 0 amide bonds. The number of nitriles is 1. The summed E-state index contributed by atoms with van der Waals surface area (Å²) in [6, 6.07) is 9.02. The summed E-state index contributed by atoms with van der Waals surface area (Å²) in [6.45, 7) is 3.24. The van der Waals surface area contributed by atoms with Crippen molar-refractivity contribution in [1.82, 2.24) is 5.32 Å². The molecule has 0 saturated carbocycles. The Labute approximate surface area is 113 Å². The van der Waals surface area contributed by atoms with Gasteiger partial charge in [0, 0.05) is 19.7 Å². The van der Waals surface area contributed by atoms with E-state index >= 15 is 0 Å². The molecule has 0 heterocycles. The van der Waals surface area contributed by atoms with Gasteiger partial charge < -0.3 is 19.9 Å². The van der Waals surface area contributed by atoms with Gasteiger partial charge >= 0.3 is 0 Å². The number of hydrogen-bond donors (Lipinski definition) is 2. The molecule has 19 heavy (non-hydrogen) atoms. The van der Waals surface area contributed by atoms with Crippen LogP contribution in [0.3, 0.4) is 0 Å². The van der Waals surface area contributed by atoms with Crippen molar-refractivity contribution in [2.24, 2.45) is 0 Å². The van der Waals surface area contributed by atoms with Gasteiger partial charge in [0.05, 0.1) is 18.2 Å². The largest absolute Gasteiger partial charge is 0.491 e. The second-order valence-corrected chi connectivity index (χ2v) is 4.37. The van der Waals surface area contributed by atoms with Crippen molar-refractivity contribution in [3.05, 3.63) is 29.8 Å². The van der Waals surface area contributed by atoms with Crippen LogP contribution in [0.15, 0.2) is 24.3 Å². The summed E-state index contributed by atoms with van der Waals surface area (Å²) < 4.78 is 10.4. The van der Waals surface area contributed by atoms with E-state index in [4.69, 9.17) is 14.7 Å². The first-order valence-electron chi connectivity index (χ1n) is 6.19. The zero-order chi connectivity index (χ0) is 14.1. The Morgan fingerprint density at radius 1 is 1.32 bits per heavy atom. The Hall–Kier alpha value is -1.61. The van der Waals surface area contributed by atoms with E-state index in [0.29, 0.717) is 24.5 Å². The van der Waals surface area contributed by atoms with E-state index in [9.17, 15) is 5.11 Å². The maximum absolute atomic E-state index is 9.75. The summed E-state index contributed by atoms with van der Waals surface area (Å²) in [5, 5.41) is 21.6. The van der Waals surface area contributed by atoms with Gasteiger partial charge in [0.2, 0.25) is 0 Å². The van der Waals surface area contributed by atoms with E-state index in [-0.39, 0.29) is 12.6 Å². The first kappa shape index (κ1) is 15.4. The summed E-state index contributed by atoms with van der Waals surface area (Å²) in [7, 11) is 1.64. The Bertz CT molecular complexity index is 400. The van der Waals surface area contributed by atoms with E-state index < -0.39 is 6.10 Å². The van der Waals surface area contributed by atoms with Crippen LogP contribution in [-0.4, -0.2) is 44.1 Å². The molecular formula is C14H20N2O3. The highest BCUT2D eigenvalue weighted by Gasteiger charge is 2.07. The predicted octanol–water partition coefficient (Wildman–Crippen LogP) is 0.922. The fourth-order valence-corrected chi connectivity index (χ4v) is 1.52. The number of nitrogens with one attached hydrogen (secondary N) is 1. The second kappa shape index (κ2) is 8.48. The number of benzene rings is 1. The van der Waals surface area contributed by atoms with Crippen molar-refractivity contribution in [2.75, 3.05) is 26.9 Å². The molecule has 0 aliphatic rings. The third-order valence-corrected chi connectivity index (χ3v) is 2.54. The third-order valence-electron chi connectivity index (χ3n) is 2.54. The summed E-state index contributed by atoms with van der Waals surface area (Å²) in [5.74, 6) is 0.642. The smallest absolute Gasteiger partial charge is 0.119 e. The molecule has 0 aromatic heterocycles. The summed E-state index contributed by atoms with van der Waals surface area (Å²) in [6.07, 6.45) is -0.588. The molecule has 0 bridgehead atoms. The number of hydrogen-bond acceptors (Lipinski definition) is 5. The molecule has 0 aliphatic heterocycles. The van der Waals surface area contributed by atoms with E-state index in [2.05, 4.69) is 5.32 Å². The molecule has 5 heteroatoms. The topological polar surface area (TPSA) is 74.5 Å².